The van der Waals surface area contributed by atoms with E-state index in [0.29, 0.717) is 18.9 Å². The van der Waals surface area contributed by atoms with Crippen molar-refractivity contribution in [3.8, 4) is 5.75 Å². The quantitative estimate of drug-likeness (QED) is 0.902. The third kappa shape index (κ3) is 3.65. The summed E-state index contributed by atoms with van der Waals surface area (Å²) < 4.78 is 5.21. The summed E-state index contributed by atoms with van der Waals surface area (Å²) in [7, 11) is 3.32. The van der Waals surface area contributed by atoms with E-state index in [4.69, 9.17) is 4.74 Å². The molecule has 0 bridgehead atoms. The van der Waals surface area contributed by atoms with E-state index in [-0.39, 0.29) is 11.9 Å². The number of hydrogen-bond acceptors (Lipinski definition) is 6. The Balaban J connectivity index is 1.83. The van der Waals surface area contributed by atoms with Crippen LogP contribution >= 0.6 is 0 Å². The first kappa shape index (κ1) is 17.0. The number of rotatable bonds is 4. The molecular formula is C18H23N5O2. The zero-order valence-corrected chi connectivity index (χ0v) is 14.8. The van der Waals surface area contributed by atoms with Gasteiger partial charge in [-0.15, -0.1) is 0 Å². The van der Waals surface area contributed by atoms with Gasteiger partial charge in [0, 0.05) is 38.6 Å². The second-order valence-corrected chi connectivity index (χ2v) is 5.93. The van der Waals surface area contributed by atoms with Gasteiger partial charge in [0.1, 0.15) is 23.4 Å². The van der Waals surface area contributed by atoms with Crippen LogP contribution in [0.2, 0.25) is 0 Å². The number of nitrogens with zero attached hydrogens (tertiary/aromatic N) is 4. The highest BCUT2D eigenvalue weighted by atomic mass is 16.5. The fraction of sp³-hybridized carbons (Fsp3) is 0.389. The molecule has 0 saturated carbocycles. The SMILES string of the molecule is CNC(=O)[C@@H]1CN(c2ccc(OC)cc2)CCN1c1ccnc(C)n1. The molecule has 1 fully saturated rings. The number of carbonyl (C=O) groups is 1. The van der Waals surface area contributed by atoms with E-state index >= 15 is 0 Å². The van der Waals surface area contributed by atoms with E-state index in [9.17, 15) is 4.79 Å². The van der Waals surface area contributed by atoms with Crippen LogP contribution in [0, 0.1) is 6.92 Å². The minimum absolute atomic E-state index is 0.0190. The van der Waals surface area contributed by atoms with E-state index in [2.05, 4.69) is 20.2 Å². The molecule has 0 radical (unpaired) electrons. The first-order chi connectivity index (χ1) is 12.1. The lowest BCUT2D eigenvalue weighted by Gasteiger charge is -2.42. The van der Waals surface area contributed by atoms with Gasteiger partial charge in [-0.2, -0.15) is 0 Å². The second kappa shape index (κ2) is 7.38. The van der Waals surface area contributed by atoms with Crippen LogP contribution in [0.15, 0.2) is 36.5 Å². The van der Waals surface area contributed by atoms with Crippen molar-refractivity contribution in [2.45, 2.75) is 13.0 Å². The maximum absolute atomic E-state index is 12.5. The number of anilines is 2. The predicted octanol–water partition coefficient (Wildman–Crippen LogP) is 1.23. The summed E-state index contributed by atoms with van der Waals surface area (Å²) in [6.45, 7) is 3.96. The number of amides is 1. The number of aryl methyl sites for hydroxylation is 1. The maximum atomic E-state index is 12.5. The number of aromatic nitrogens is 2. The van der Waals surface area contributed by atoms with Gasteiger partial charge in [-0.05, 0) is 37.3 Å². The predicted molar refractivity (Wildman–Crippen MR) is 97.2 cm³/mol. The summed E-state index contributed by atoms with van der Waals surface area (Å²) >= 11 is 0. The van der Waals surface area contributed by atoms with Crippen LogP contribution in [0.25, 0.3) is 0 Å². The Morgan fingerprint density at radius 2 is 2.00 bits per heavy atom. The molecule has 7 heteroatoms. The monoisotopic (exact) mass is 341 g/mol. The largest absolute Gasteiger partial charge is 0.497 e. The Labute approximate surface area is 147 Å². The van der Waals surface area contributed by atoms with Gasteiger partial charge in [0.05, 0.1) is 7.11 Å². The smallest absolute Gasteiger partial charge is 0.244 e. The fourth-order valence-electron chi connectivity index (χ4n) is 3.08. The van der Waals surface area contributed by atoms with Crippen LogP contribution in [-0.2, 0) is 4.79 Å². The summed E-state index contributed by atoms with van der Waals surface area (Å²) in [4.78, 5) is 25.4. The summed E-state index contributed by atoms with van der Waals surface area (Å²) in [5, 5.41) is 2.77. The molecule has 0 spiro atoms. The average molecular weight is 341 g/mol. The molecule has 1 aromatic carbocycles. The van der Waals surface area contributed by atoms with E-state index in [1.54, 1.807) is 20.4 Å². The highest BCUT2D eigenvalue weighted by molar-refractivity contribution is 5.86. The molecule has 0 aliphatic carbocycles. The van der Waals surface area contributed by atoms with Crippen LogP contribution < -0.4 is 19.9 Å². The number of nitrogens with one attached hydrogen (secondary N) is 1. The first-order valence-corrected chi connectivity index (χ1v) is 8.29. The molecule has 0 unspecified atom stereocenters. The lowest BCUT2D eigenvalue weighted by atomic mass is 10.1. The van der Waals surface area contributed by atoms with E-state index < -0.39 is 0 Å². The number of hydrogen-bond donors (Lipinski definition) is 1. The summed E-state index contributed by atoms with van der Waals surface area (Å²) in [5.41, 5.74) is 1.08. The van der Waals surface area contributed by atoms with Crippen molar-refractivity contribution >= 4 is 17.4 Å². The first-order valence-electron chi connectivity index (χ1n) is 8.29. The molecule has 1 aliphatic heterocycles. The van der Waals surface area contributed by atoms with Gasteiger partial charge >= 0.3 is 0 Å². The minimum Gasteiger partial charge on any atom is -0.497 e. The minimum atomic E-state index is -0.310. The van der Waals surface area contributed by atoms with Gasteiger partial charge in [-0.1, -0.05) is 0 Å². The van der Waals surface area contributed by atoms with Crippen molar-refractivity contribution in [2.24, 2.45) is 0 Å². The number of benzene rings is 1. The second-order valence-electron chi connectivity index (χ2n) is 5.93. The van der Waals surface area contributed by atoms with E-state index in [1.807, 2.05) is 42.2 Å². The van der Waals surface area contributed by atoms with E-state index in [1.165, 1.54) is 0 Å². The zero-order valence-electron chi connectivity index (χ0n) is 14.8. The Morgan fingerprint density at radius 3 is 2.64 bits per heavy atom. The molecule has 1 amide bonds. The molecule has 1 atom stereocenters. The standard InChI is InChI=1S/C18H23N5O2/c1-13-20-9-8-17(21-13)23-11-10-22(12-16(23)18(24)19-2)14-4-6-15(25-3)7-5-14/h4-9,16H,10-12H2,1-3H3,(H,19,24)/t16-/m0/s1. The Hall–Kier alpha value is -2.83. The third-order valence-corrected chi connectivity index (χ3v) is 4.42. The lowest BCUT2D eigenvalue weighted by Crippen LogP contribution is -2.59. The number of carbonyl (C=O) groups excluding carboxylic acids is 1. The third-order valence-electron chi connectivity index (χ3n) is 4.42. The number of likely N-dealkylation sites (N-methyl/N-ethyl adjacent to an activating group) is 1. The molecule has 1 aliphatic rings. The Kier molecular flexibility index (Phi) is 5.02. The van der Waals surface area contributed by atoms with Crippen LogP contribution in [-0.4, -0.2) is 55.7 Å². The van der Waals surface area contributed by atoms with Crippen molar-refractivity contribution in [3.05, 3.63) is 42.4 Å². The van der Waals surface area contributed by atoms with Gasteiger partial charge in [0.25, 0.3) is 0 Å². The normalized spacial score (nSPS) is 17.3. The number of piperazine rings is 1. The molecule has 1 saturated heterocycles. The summed E-state index contributed by atoms with van der Waals surface area (Å²) in [6, 6.07) is 9.45. The van der Waals surface area contributed by atoms with Crippen LogP contribution in [0.5, 0.6) is 5.75 Å². The van der Waals surface area contributed by atoms with Crippen LogP contribution in [0.4, 0.5) is 11.5 Å². The molecule has 25 heavy (non-hydrogen) atoms. The number of methoxy groups -OCH3 is 1. The average Bonchev–Trinajstić information content (AvgIpc) is 2.67. The molecule has 3 rings (SSSR count). The van der Waals surface area contributed by atoms with Crippen molar-refractivity contribution in [1.82, 2.24) is 15.3 Å². The Morgan fingerprint density at radius 1 is 1.24 bits per heavy atom. The van der Waals surface area contributed by atoms with Gasteiger partial charge in [0.2, 0.25) is 5.91 Å². The van der Waals surface area contributed by atoms with Gasteiger partial charge in [-0.3, -0.25) is 4.79 Å². The highest BCUT2D eigenvalue weighted by Gasteiger charge is 2.33. The lowest BCUT2D eigenvalue weighted by molar-refractivity contribution is -0.121. The molecular weight excluding hydrogens is 318 g/mol. The van der Waals surface area contributed by atoms with Crippen molar-refractivity contribution in [3.63, 3.8) is 0 Å². The van der Waals surface area contributed by atoms with E-state index in [0.717, 1.165) is 23.8 Å². The highest BCUT2D eigenvalue weighted by Crippen LogP contribution is 2.24. The van der Waals surface area contributed by atoms with Crippen molar-refractivity contribution in [1.29, 1.82) is 0 Å². The molecule has 1 aromatic heterocycles. The molecule has 1 N–H and O–H groups in total. The number of ether oxygens (including phenoxy) is 1. The molecule has 132 valence electrons. The maximum Gasteiger partial charge on any atom is 0.244 e. The molecule has 2 aromatic rings. The Bertz CT molecular complexity index is 735. The molecule has 2 heterocycles. The summed E-state index contributed by atoms with van der Waals surface area (Å²) in [5.74, 6) is 2.29. The summed E-state index contributed by atoms with van der Waals surface area (Å²) in [6.07, 6.45) is 1.73. The van der Waals surface area contributed by atoms with Gasteiger partial charge < -0.3 is 19.9 Å². The zero-order chi connectivity index (χ0) is 17.8. The fourth-order valence-corrected chi connectivity index (χ4v) is 3.08. The van der Waals surface area contributed by atoms with Gasteiger partial charge in [0.15, 0.2) is 0 Å². The van der Waals surface area contributed by atoms with Crippen molar-refractivity contribution in [2.75, 3.05) is 43.6 Å². The topological polar surface area (TPSA) is 70.6 Å². The van der Waals surface area contributed by atoms with Gasteiger partial charge in [-0.25, -0.2) is 9.97 Å². The van der Waals surface area contributed by atoms with Crippen LogP contribution in [0.1, 0.15) is 5.82 Å². The van der Waals surface area contributed by atoms with Crippen LogP contribution in [0.3, 0.4) is 0 Å². The molecule has 7 nitrogen and oxygen atoms in total. The van der Waals surface area contributed by atoms with Crippen molar-refractivity contribution < 1.29 is 9.53 Å².